The standard InChI is InChI=1S/C15H17F4NO3/c1-13(2,3)23-12(22)20-14(4,8-21)9-5-6-11(16)10(7-9)15(17,18)19/h5-8H,1-4H3,(H,20,22). The van der Waals surface area contributed by atoms with Crippen LogP contribution in [0.3, 0.4) is 0 Å². The summed E-state index contributed by atoms with van der Waals surface area (Å²) in [6.07, 6.45) is -5.65. The Morgan fingerprint density at radius 3 is 2.17 bits per heavy atom. The van der Waals surface area contributed by atoms with Gasteiger partial charge >= 0.3 is 12.3 Å². The maximum Gasteiger partial charge on any atom is 0.419 e. The zero-order chi connectivity index (χ0) is 18.1. The highest BCUT2D eigenvalue weighted by Gasteiger charge is 2.37. The van der Waals surface area contributed by atoms with Crippen LogP contribution in [0, 0.1) is 5.82 Å². The predicted octanol–water partition coefficient (Wildman–Crippen LogP) is 3.78. The molecule has 1 amide bonds. The van der Waals surface area contributed by atoms with Crippen LogP contribution in [0.4, 0.5) is 22.4 Å². The Labute approximate surface area is 130 Å². The first-order valence-corrected chi connectivity index (χ1v) is 6.63. The molecule has 0 radical (unpaired) electrons. The summed E-state index contributed by atoms with van der Waals surface area (Å²) in [6, 6.07) is 2.08. The molecule has 8 heteroatoms. The molecule has 0 spiro atoms. The maximum absolute atomic E-state index is 13.3. The molecule has 0 saturated carbocycles. The molecule has 0 aliphatic heterocycles. The van der Waals surface area contributed by atoms with Crippen molar-refractivity contribution in [3.8, 4) is 0 Å². The van der Waals surface area contributed by atoms with Gasteiger partial charge in [0.05, 0.1) is 5.56 Å². The van der Waals surface area contributed by atoms with Crippen molar-refractivity contribution in [2.45, 2.75) is 45.0 Å². The van der Waals surface area contributed by atoms with Gasteiger partial charge in [0.2, 0.25) is 0 Å². The van der Waals surface area contributed by atoms with Crippen LogP contribution in [0.5, 0.6) is 0 Å². The van der Waals surface area contributed by atoms with Gasteiger partial charge in [-0.3, -0.25) is 0 Å². The molecule has 1 rings (SSSR count). The number of halogens is 4. The highest BCUT2D eigenvalue weighted by molar-refractivity contribution is 5.78. The minimum Gasteiger partial charge on any atom is -0.444 e. The Kier molecular flexibility index (Phi) is 5.08. The van der Waals surface area contributed by atoms with Crippen LogP contribution < -0.4 is 5.32 Å². The fourth-order valence-corrected chi connectivity index (χ4v) is 1.75. The van der Waals surface area contributed by atoms with Crippen molar-refractivity contribution in [3.05, 3.63) is 35.1 Å². The van der Waals surface area contributed by atoms with Crippen molar-refractivity contribution < 1.29 is 31.9 Å². The number of alkyl carbamates (subject to hydrolysis) is 1. The summed E-state index contributed by atoms with van der Waals surface area (Å²) >= 11 is 0. The number of carbonyl (C=O) groups excluding carboxylic acids is 2. The number of carbonyl (C=O) groups is 2. The molecule has 0 aliphatic rings. The Morgan fingerprint density at radius 1 is 1.17 bits per heavy atom. The molecule has 0 heterocycles. The van der Waals surface area contributed by atoms with E-state index in [0.717, 1.165) is 6.07 Å². The lowest BCUT2D eigenvalue weighted by Gasteiger charge is -2.28. The van der Waals surface area contributed by atoms with Crippen LogP contribution in [0.1, 0.15) is 38.8 Å². The molecule has 1 N–H and O–H groups in total. The number of hydrogen-bond donors (Lipinski definition) is 1. The van der Waals surface area contributed by atoms with Gasteiger partial charge < -0.3 is 14.8 Å². The molecule has 1 atom stereocenters. The molecule has 0 aromatic heterocycles. The number of nitrogens with one attached hydrogen (secondary N) is 1. The molecular weight excluding hydrogens is 318 g/mol. The van der Waals surface area contributed by atoms with Crippen molar-refractivity contribution in [3.63, 3.8) is 0 Å². The van der Waals surface area contributed by atoms with E-state index in [0.29, 0.717) is 12.1 Å². The first kappa shape index (κ1) is 18.9. The number of rotatable bonds is 3. The van der Waals surface area contributed by atoms with Crippen LogP contribution in [0.25, 0.3) is 0 Å². The first-order valence-electron chi connectivity index (χ1n) is 6.63. The minimum atomic E-state index is -4.92. The predicted molar refractivity (Wildman–Crippen MR) is 74.2 cm³/mol. The third-order valence-corrected chi connectivity index (χ3v) is 2.87. The van der Waals surface area contributed by atoms with Crippen LogP contribution in [0.2, 0.25) is 0 Å². The first-order chi connectivity index (χ1) is 10.3. The summed E-state index contributed by atoms with van der Waals surface area (Å²) in [6.45, 7) is 5.96. The quantitative estimate of drug-likeness (QED) is 0.675. The number of ether oxygens (including phenoxy) is 1. The van der Waals surface area contributed by atoms with Gasteiger partial charge in [-0.2, -0.15) is 13.2 Å². The van der Waals surface area contributed by atoms with E-state index in [1.165, 1.54) is 6.92 Å². The highest BCUT2D eigenvalue weighted by Crippen LogP contribution is 2.33. The summed E-state index contributed by atoms with van der Waals surface area (Å²) < 4.78 is 56.6. The number of amides is 1. The summed E-state index contributed by atoms with van der Waals surface area (Å²) in [5.74, 6) is -1.47. The number of alkyl halides is 3. The monoisotopic (exact) mass is 335 g/mol. The van der Waals surface area contributed by atoms with Gasteiger partial charge in [-0.25, -0.2) is 9.18 Å². The van der Waals surface area contributed by atoms with Crippen LogP contribution >= 0.6 is 0 Å². The number of benzene rings is 1. The Hall–Kier alpha value is -2.12. The van der Waals surface area contributed by atoms with Crippen molar-refractivity contribution in [2.24, 2.45) is 0 Å². The molecule has 1 unspecified atom stereocenters. The van der Waals surface area contributed by atoms with E-state index in [-0.39, 0.29) is 11.8 Å². The second-order valence-corrected chi connectivity index (χ2v) is 6.14. The van der Waals surface area contributed by atoms with Gasteiger partial charge in [0.1, 0.15) is 23.2 Å². The van der Waals surface area contributed by atoms with Crippen LogP contribution in [0.15, 0.2) is 18.2 Å². The maximum atomic E-state index is 13.3. The van der Waals surface area contributed by atoms with Gasteiger partial charge in [-0.1, -0.05) is 6.07 Å². The minimum absolute atomic E-state index is 0.216. The lowest BCUT2D eigenvalue weighted by Crippen LogP contribution is -2.47. The van der Waals surface area contributed by atoms with E-state index < -0.39 is 34.8 Å². The smallest absolute Gasteiger partial charge is 0.419 e. The van der Waals surface area contributed by atoms with Crippen molar-refractivity contribution in [1.29, 1.82) is 0 Å². The molecule has 1 aromatic rings. The third-order valence-electron chi connectivity index (χ3n) is 2.87. The highest BCUT2D eigenvalue weighted by atomic mass is 19.4. The Morgan fingerprint density at radius 2 is 1.74 bits per heavy atom. The summed E-state index contributed by atoms with van der Waals surface area (Å²) in [4.78, 5) is 23.1. The number of aldehydes is 1. The number of hydrogen-bond acceptors (Lipinski definition) is 3. The largest absolute Gasteiger partial charge is 0.444 e. The third kappa shape index (κ3) is 4.94. The molecule has 128 valence electrons. The van der Waals surface area contributed by atoms with E-state index in [4.69, 9.17) is 4.74 Å². The normalized spacial score (nSPS) is 14.8. The molecule has 23 heavy (non-hydrogen) atoms. The molecule has 0 aliphatic carbocycles. The molecule has 4 nitrogen and oxygen atoms in total. The Balaban J connectivity index is 3.19. The summed E-state index contributed by atoms with van der Waals surface area (Å²) in [5.41, 5.74) is -4.38. The van der Waals surface area contributed by atoms with Crippen LogP contribution in [-0.2, 0) is 21.2 Å². The van der Waals surface area contributed by atoms with Crippen molar-refractivity contribution in [1.82, 2.24) is 5.32 Å². The zero-order valence-corrected chi connectivity index (χ0v) is 13.0. The lowest BCUT2D eigenvalue weighted by molar-refractivity contribution is -0.140. The van der Waals surface area contributed by atoms with E-state index in [2.05, 4.69) is 5.32 Å². The second kappa shape index (κ2) is 6.17. The van der Waals surface area contributed by atoms with Gasteiger partial charge in [0, 0.05) is 0 Å². The topological polar surface area (TPSA) is 55.4 Å². The zero-order valence-electron chi connectivity index (χ0n) is 13.0. The van der Waals surface area contributed by atoms with E-state index in [1.54, 1.807) is 20.8 Å². The van der Waals surface area contributed by atoms with Crippen molar-refractivity contribution in [2.75, 3.05) is 0 Å². The van der Waals surface area contributed by atoms with Crippen molar-refractivity contribution >= 4 is 12.4 Å². The van der Waals surface area contributed by atoms with Gasteiger partial charge in [-0.15, -0.1) is 0 Å². The molecule has 0 saturated heterocycles. The molecular formula is C15H17F4NO3. The fraction of sp³-hybridized carbons (Fsp3) is 0.467. The van der Waals surface area contributed by atoms with Gasteiger partial charge in [0.25, 0.3) is 0 Å². The van der Waals surface area contributed by atoms with Gasteiger partial charge in [-0.05, 0) is 45.4 Å². The summed E-state index contributed by atoms with van der Waals surface area (Å²) in [7, 11) is 0. The van der Waals surface area contributed by atoms with E-state index in [1.807, 2.05) is 0 Å². The van der Waals surface area contributed by atoms with E-state index >= 15 is 0 Å². The van der Waals surface area contributed by atoms with E-state index in [9.17, 15) is 27.2 Å². The lowest BCUT2D eigenvalue weighted by atomic mass is 9.92. The molecule has 1 aromatic carbocycles. The summed E-state index contributed by atoms with van der Waals surface area (Å²) in [5, 5.41) is 2.20. The average molecular weight is 335 g/mol. The Bertz CT molecular complexity index is 608. The SMILES string of the molecule is CC(C)(C)OC(=O)NC(C)(C=O)c1ccc(F)c(C(F)(F)F)c1. The molecule has 0 bridgehead atoms. The molecule has 0 fully saturated rings. The average Bonchev–Trinajstić information content (AvgIpc) is 2.35. The van der Waals surface area contributed by atoms with Gasteiger partial charge in [0.15, 0.2) is 0 Å². The fourth-order valence-electron chi connectivity index (χ4n) is 1.75. The second-order valence-electron chi connectivity index (χ2n) is 6.14. The van der Waals surface area contributed by atoms with Crippen LogP contribution in [-0.4, -0.2) is 18.0 Å².